The molecule has 1 aliphatic rings. The van der Waals surface area contributed by atoms with Gasteiger partial charge >= 0.3 is 5.82 Å². The lowest BCUT2D eigenvalue weighted by atomic mass is 9.87. The molecule has 1 aliphatic carbocycles. The molecule has 0 bridgehead atoms. The predicted molar refractivity (Wildman–Crippen MR) is 60.6 cm³/mol. The molecule has 1 aromatic rings. The van der Waals surface area contributed by atoms with E-state index in [4.69, 9.17) is 11.6 Å². The number of aromatic nitrogens is 2. The van der Waals surface area contributed by atoms with Crippen molar-refractivity contribution >= 4 is 17.4 Å². The molecule has 2 rings (SSSR count). The Morgan fingerprint density at radius 1 is 1.62 bits per heavy atom. The molecule has 0 aliphatic heterocycles. The average Bonchev–Trinajstić information content (AvgIpc) is 2.60. The minimum absolute atomic E-state index is 0.128. The Hall–Kier alpha value is -1.10. The van der Waals surface area contributed by atoms with E-state index in [9.17, 15) is 10.1 Å². The summed E-state index contributed by atoms with van der Waals surface area (Å²) in [6.45, 7) is 2.20. The maximum Gasteiger partial charge on any atom is 0.408 e. The van der Waals surface area contributed by atoms with Crippen LogP contribution in [0.4, 0.5) is 5.82 Å². The minimum Gasteiger partial charge on any atom is -0.358 e. The summed E-state index contributed by atoms with van der Waals surface area (Å²) in [6, 6.07) is 0.259. The lowest BCUT2D eigenvalue weighted by Gasteiger charge is -2.24. The van der Waals surface area contributed by atoms with E-state index in [1.54, 1.807) is 10.9 Å². The molecule has 88 valence electrons. The second-order valence-corrected chi connectivity index (χ2v) is 4.87. The van der Waals surface area contributed by atoms with Crippen molar-refractivity contribution in [3.8, 4) is 0 Å². The van der Waals surface area contributed by atoms with Gasteiger partial charge in [0.1, 0.15) is 0 Å². The highest BCUT2D eigenvalue weighted by atomic mass is 35.5. The molecule has 1 aromatic heterocycles. The van der Waals surface area contributed by atoms with Gasteiger partial charge in [-0.2, -0.15) is 4.68 Å². The summed E-state index contributed by atoms with van der Waals surface area (Å²) >= 11 is 5.77. The van der Waals surface area contributed by atoms with Gasteiger partial charge in [-0.05, 0) is 23.7 Å². The zero-order valence-corrected chi connectivity index (χ0v) is 9.85. The molecule has 1 heterocycles. The number of hydrogen-bond donors (Lipinski definition) is 0. The van der Waals surface area contributed by atoms with E-state index in [2.05, 4.69) is 12.0 Å². The fourth-order valence-electron chi connectivity index (χ4n) is 2.31. The first-order chi connectivity index (χ1) is 7.58. The van der Waals surface area contributed by atoms with Crippen molar-refractivity contribution in [2.75, 3.05) is 0 Å². The average molecular weight is 244 g/mol. The van der Waals surface area contributed by atoms with Crippen molar-refractivity contribution in [3.05, 3.63) is 21.3 Å². The maximum absolute atomic E-state index is 10.6. The van der Waals surface area contributed by atoms with E-state index in [-0.39, 0.29) is 16.9 Å². The highest BCUT2D eigenvalue weighted by Gasteiger charge is 2.27. The van der Waals surface area contributed by atoms with E-state index in [0.29, 0.717) is 5.92 Å². The van der Waals surface area contributed by atoms with Crippen molar-refractivity contribution in [1.29, 1.82) is 0 Å². The Kier molecular flexibility index (Phi) is 3.14. The Morgan fingerprint density at radius 3 is 2.94 bits per heavy atom. The Balaban J connectivity index is 2.20. The van der Waals surface area contributed by atoms with E-state index < -0.39 is 4.92 Å². The van der Waals surface area contributed by atoms with Gasteiger partial charge in [-0.25, -0.2) is 0 Å². The van der Waals surface area contributed by atoms with Crippen molar-refractivity contribution in [2.24, 2.45) is 5.92 Å². The lowest BCUT2D eigenvalue weighted by molar-refractivity contribution is -0.389. The predicted octanol–water partition coefficient (Wildman–Crippen LogP) is 3.20. The first-order valence-electron chi connectivity index (χ1n) is 5.47. The van der Waals surface area contributed by atoms with E-state index in [1.807, 2.05) is 0 Å². The van der Waals surface area contributed by atoms with Gasteiger partial charge in [-0.3, -0.25) is 0 Å². The van der Waals surface area contributed by atoms with E-state index in [0.717, 1.165) is 19.3 Å². The summed E-state index contributed by atoms with van der Waals surface area (Å²) in [7, 11) is 0. The highest BCUT2D eigenvalue weighted by molar-refractivity contribution is 6.32. The summed E-state index contributed by atoms with van der Waals surface area (Å²) < 4.78 is 1.66. The van der Waals surface area contributed by atoms with Crippen LogP contribution in [0.5, 0.6) is 0 Å². The number of nitro groups is 1. The largest absolute Gasteiger partial charge is 0.408 e. The molecule has 2 atom stereocenters. The fraction of sp³-hybridized carbons (Fsp3) is 0.700. The van der Waals surface area contributed by atoms with Crippen molar-refractivity contribution in [2.45, 2.75) is 38.6 Å². The second-order valence-electron chi connectivity index (χ2n) is 4.46. The van der Waals surface area contributed by atoms with Gasteiger partial charge in [-0.15, -0.1) is 0 Å². The van der Waals surface area contributed by atoms with Crippen LogP contribution in [0, 0.1) is 16.0 Å². The summed E-state index contributed by atoms with van der Waals surface area (Å²) in [4.78, 5) is 10.1. The van der Waals surface area contributed by atoms with Crippen molar-refractivity contribution in [3.63, 3.8) is 0 Å². The maximum atomic E-state index is 10.6. The van der Waals surface area contributed by atoms with Gasteiger partial charge in [0.05, 0.1) is 17.3 Å². The van der Waals surface area contributed by atoms with Crippen LogP contribution in [-0.2, 0) is 0 Å². The molecule has 0 radical (unpaired) electrons. The molecule has 5 nitrogen and oxygen atoms in total. The van der Waals surface area contributed by atoms with Gasteiger partial charge in [0, 0.05) is 0 Å². The molecule has 0 amide bonds. The van der Waals surface area contributed by atoms with E-state index >= 15 is 0 Å². The molecule has 0 N–H and O–H groups in total. The topological polar surface area (TPSA) is 61.0 Å². The molecule has 2 unspecified atom stereocenters. The summed E-state index contributed by atoms with van der Waals surface area (Å²) in [5.41, 5.74) is 0. The third kappa shape index (κ3) is 2.19. The van der Waals surface area contributed by atoms with Crippen molar-refractivity contribution < 1.29 is 4.92 Å². The fourth-order valence-corrected chi connectivity index (χ4v) is 2.52. The van der Waals surface area contributed by atoms with Crippen LogP contribution < -0.4 is 0 Å². The van der Waals surface area contributed by atoms with Gasteiger partial charge < -0.3 is 10.1 Å². The van der Waals surface area contributed by atoms with Crippen molar-refractivity contribution in [1.82, 2.24) is 9.78 Å². The monoisotopic (exact) mass is 243 g/mol. The molecule has 0 spiro atoms. The third-order valence-electron chi connectivity index (χ3n) is 3.13. The van der Waals surface area contributed by atoms with Gasteiger partial charge in [0.25, 0.3) is 0 Å². The number of rotatable bonds is 2. The molecular formula is C10H14ClN3O2. The van der Waals surface area contributed by atoms with Crippen LogP contribution in [0.25, 0.3) is 0 Å². The molecule has 0 saturated heterocycles. The van der Waals surface area contributed by atoms with E-state index in [1.165, 1.54) is 6.42 Å². The zero-order chi connectivity index (χ0) is 11.7. The van der Waals surface area contributed by atoms with Crippen LogP contribution >= 0.6 is 11.6 Å². The minimum atomic E-state index is -0.537. The SMILES string of the molecule is CC1CCCC(n2cc(Cl)c([N+](=O)[O-])n2)C1. The molecule has 1 fully saturated rings. The van der Waals surface area contributed by atoms with Gasteiger partial charge in [0.2, 0.25) is 0 Å². The number of hydrogen-bond acceptors (Lipinski definition) is 3. The third-order valence-corrected chi connectivity index (χ3v) is 3.39. The molecule has 16 heavy (non-hydrogen) atoms. The van der Waals surface area contributed by atoms with Crippen LogP contribution in [0.3, 0.4) is 0 Å². The van der Waals surface area contributed by atoms with Crippen LogP contribution in [0.1, 0.15) is 38.6 Å². The second kappa shape index (κ2) is 4.41. The lowest BCUT2D eigenvalue weighted by Crippen LogP contribution is -2.18. The Morgan fingerprint density at radius 2 is 2.38 bits per heavy atom. The smallest absolute Gasteiger partial charge is 0.358 e. The number of halogens is 1. The molecule has 6 heteroatoms. The molecular weight excluding hydrogens is 230 g/mol. The number of nitrogens with zero attached hydrogens (tertiary/aromatic N) is 3. The summed E-state index contributed by atoms with van der Waals surface area (Å²) in [5, 5.41) is 14.7. The highest BCUT2D eigenvalue weighted by Crippen LogP contribution is 2.33. The van der Waals surface area contributed by atoms with Crippen LogP contribution in [0.2, 0.25) is 5.02 Å². The Bertz CT molecular complexity index is 405. The van der Waals surface area contributed by atoms with Gasteiger partial charge in [-0.1, -0.05) is 31.4 Å². The first-order valence-corrected chi connectivity index (χ1v) is 5.84. The van der Waals surface area contributed by atoms with Crippen LogP contribution in [-0.4, -0.2) is 14.7 Å². The normalized spacial score (nSPS) is 25.6. The summed E-state index contributed by atoms with van der Waals surface area (Å²) in [5.74, 6) is 0.417. The quantitative estimate of drug-likeness (QED) is 0.592. The first kappa shape index (κ1) is 11.4. The zero-order valence-electron chi connectivity index (χ0n) is 9.10. The standard InChI is InChI=1S/C10H14ClN3O2/c1-7-3-2-4-8(5-7)13-6-9(11)10(12-13)14(15)16/h6-8H,2-5H2,1H3. The summed E-state index contributed by atoms with van der Waals surface area (Å²) in [6.07, 6.45) is 6.00. The Labute approximate surface area is 98.5 Å². The van der Waals surface area contributed by atoms with Crippen LogP contribution in [0.15, 0.2) is 6.20 Å². The molecule has 0 aromatic carbocycles. The molecule has 1 saturated carbocycles. The van der Waals surface area contributed by atoms with Gasteiger partial charge in [0.15, 0.2) is 5.02 Å².